The molecule has 0 bridgehead atoms. The normalized spacial score (nSPS) is 15.5. The number of hydrogen-bond donors (Lipinski definition) is 0. The highest BCUT2D eigenvalue weighted by atomic mass is 32.2. The number of nitrogens with zero attached hydrogens (tertiary/aromatic N) is 3. The second kappa shape index (κ2) is 9.75. The van der Waals surface area contributed by atoms with Crippen LogP contribution in [0.5, 0.6) is 0 Å². The minimum Gasteiger partial charge on any atom is -0.465 e. The number of carbonyl (C=O) groups is 1. The Labute approximate surface area is 142 Å². The molecule has 1 aliphatic rings. The number of aromatic nitrogens is 3. The third-order valence-corrected chi connectivity index (χ3v) is 5.17. The Kier molecular flexibility index (Phi) is 7.65. The summed E-state index contributed by atoms with van der Waals surface area (Å²) in [4.78, 5) is 11.5. The van der Waals surface area contributed by atoms with Gasteiger partial charge in [-0.1, -0.05) is 49.9 Å². The summed E-state index contributed by atoms with van der Waals surface area (Å²) < 4.78 is 7.03. The van der Waals surface area contributed by atoms with Crippen LogP contribution in [0.15, 0.2) is 17.8 Å². The lowest BCUT2D eigenvalue weighted by Gasteiger charge is -2.21. The van der Waals surface area contributed by atoms with E-state index in [0.717, 1.165) is 23.3 Å². The van der Waals surface area contributed by atoms with Crippen LogP contribution in [-0.4, -0.2) is 33.1 Å². The first-order valence-electron chi connectivity index (χ1n) is 8.56. The molecule has 0 amide bonds. The van der Waals surface area contributed by atoms with Gasteiger partial charge in [-0.05, 0) is 19.3 Å². The number of hydrogen-bond acceptors (Lipinski definition) is 5. The standard InChI is InChI=1S/C17H27N3O2S/c1-3-12-20-15(11-10-14-8-6-5-7-9-14)18-19-17(20)23-13-16(21)22-4-2/h3,14H,1,4-13H2,2H3. The van der Waals surface area contributed by atoms with E-state index in [1.54, 1.807) is 0 Å². The molecule has 128 valence electrons. The molecule has 0 unspecified atom stereocenters. The Morgan fingerprint density at radius 2 is 2.17 bits per heavy atom. The van der Waals surface area contributed by atoms with E-state index in [-0.39, 0.29) is 11.7 Å². The van der Waals surface area contributed by atoms with Gasteiger partial charge in [0.2, 0.25) is 0 Å². The Morgan fingerprint density at radius 1 is 1.39 bits per heavy atom. The van der Waals surface area contributed by atoms with Crippen molar-refractivity contribution in [1.29, 1.82) is 0 Å². The van der Waals surface area contributed by atoms with Gasteiger partial charge in [0.15, 0.2) is 5.16 Å². The van der Waals surface area contributed by atoms with Crippen LogP contribution >= 0.6 is 11.8 Å². The molecule has 1 aromatic rings. The van der Waals surface area contributed by atoms with Gasteiger partial charge in [-0.15, -0.1) is 16.8 Å². The summed E-state index contributed by atoms with van der Waals surface area (Å²) in [6.45, 7) is 6.71. The molecule has 0 atom stereocenters. The molecule has 6 heteroatoms. The van der Waals surface area contributed by atoms with Crippen LogP contribution in [0.4, 0.5) is 0 Å². The van der Waals surface area contributed by atoms with Crippen molar-refractivity contribution in [2.45, 2.75) is 63.6 Å². The van der Waals surface area contributed by atoms with Crippen LogP contribution in [0.2, 0.25) is 0 Å². The summed E-state index contributed by atoms with van der Waals surface area (Å²) in [5.41, 5.74) is 0. The average molecular weight is 337 g/mol. The van der Waals surface area contributed by atoms with Crippen molar-refractivity contribution < 1.29 is 9.53 Å². The van der Waals surface area contributed by atoms with Gasteiger partial charge in [-0.3, -0.25) is 4.79 Å². The Hall–Kier alpha value is -1.30. The van der Waals surface area contributed by atoms with Crippen molar-refractivity contribution in [2.75, 3.05) is 12.4 Å². The third-order valence-electron chi connectivity index (χ3n) is 4.23. The second-order valence-electron chi connectivity index (χ2n) is 5.93. The van der Waals surface area contributed by atoms with E-state index in [1.165, 1.54) is 50.3 Å². The van der Waals surface area contributed by atoms with Crippen LogP contribution in [0.1, 0.15) is 51.3 Å². The maximum absolute atomic E-state index is 11.5. The molecule has 1 heterocycles. The summed E-state index contributed by atoms with van der Waals surface area (Å²) in [5.74, 6) is 1.88. The highest BCUT2D eigenvalue weighted by Gasteiger charge is 2.17. The van der Waals surface area contributed by atoms with Crippen molar-refractivity contribution in [3.63, 3.8) is 0 Å². The zero-order valence-electron chi connectivity index (χ0n) is 14.0. The maximum atomic E-state index is 11.5. The maximum Gasteiger partial charge on any atom is 0.316 e. The number of thioether (sulfide) groups is 1. The van der Waals surface area contributed by atoms with Crippen molar-refractivity contribution in [1.82, 2.24) is 14.8 Å². The summed E-state index contributed by atoms with van der Waals surface area (Å²) in [6, 6.07) is 0. The van der Waals surface area contributed by atoms with E-state index in [4.69, 9.17) is 4.74 Å². The molecule has 5 nitrogen and oxygen atoms in total. The lowest BCUT2D eigenvalue weighted by Crippen LogP contribution is -2.11. The molecule has 0 radical (unpaired) electrons. The third kappa shape index (κ3) is 5.68. The molecular formula is C17H27N3O2S. The first kappa shape index (κ1) is 18.0. The van der Waals surface area contributed by atoms with Crippen LogP contribution in [0.3, 0.4) is 0 Å². The smallest absolute Gasteiger partial charge is 0.316 e. The number of allylic oxidation sites excluding steroid dienone is 1. The van der Waals surface area contributed by atoms with Gasteiger partial charge < -0.3 is 9.30 Å². The molecule has 0 N–H and O–H groups in total. The monoisotopic (exact) mass is 337 g/mol. The van der Waals surface area contributed by atoms with Gasteiger partial charge >= 0.3 is 5.97 Å². The van der Waals surface area contributed by atoms with E-state index in [1.807, 2.05) is 13.0 Å². The molecule has 0 saturated heterocycles. The molecule has 23 heavy (non-hydrogen) atoms. The van der Waals surface area contributed by atoms with Gasteiger partial charge in [0.25, 0.3) is 0 Å². The Bertz CT molecular complexity index is 510. The fourth-order valence-electron chi connectivity index (χ4n) is 3.06. The zero-order valence-corrected chi connectivity index (χ0v) is 14.8. The van der Waals surface area contributed by atoms with E-state index < -0.39 is 0 Å². The molecule has 1 aromatic heterocycles. The SMILES string of the molecule is C=CCn1c(CCC2CCCCC2)nnc1SCC(=O)OCC. The average Bonchev–Trinajstić information content (AvgIpc) is 2.95. The highest BCUT2D eigenvalue weighted by molar-refractivity contribution is 7.99. The van der Waals surface area contributed by atoms with Gasteiger partial charge in [0, 0.05) is 13.0 Å². The predicted octanol–water partition coefficient (Wildman–Crippen LogP) is 3.63. The van der Waals surface area contributed by atoms with Gasteiger partial charge in [-0.25, -0.2) is 0 Å². The molecule has 0 aromatic carbocycles. The molecule has 0 aliphatic heterocycles. The van der Waals surface area contributed by atoms with Crippen molar-refractivity contribution in [3.8, 4) is 0 Å². The number of rotatable bonds is 9. The van der Waals surface area contributed by atoms with Crippen molar-refractivity contribution in [2.24, 2.45) is 5.92 Å². The van der Waals surface area contributed by atoms with E-state index >= 15 is 0 Å². The first-order valence-corrected chi connectivity index (χ1v) is 9.54. The van der Waals surface area contributed by atoms with E-state index in [9.17, 15) is 4.79 Å². The minimum atomic E-state index is -0.214. The summed E-state index contributed by atoms with van der Waals surface area (Å²) in [5, 5.41) is 9.36. The van der Waals surface area contributed by atoms with Gasteiger partial charge in [-0.2, -0.15) is 0 Å². The highest BCUT2D eigenvalue weighted by Crippen LogP contribution is 2.28. The summed E-state index contributed by atoms with van der Waals surface area (Å²) >= 11 is 1.38. The van der Waals surface area contributed by atoms with Crippen LogP contribution in [-0.2, 0) is 22.5 Å². The predicted molar refractivity (Wildman–Crippen MR) is 92.5 cm³/mol. The quantitative estimate of drug-likeness (QED) is 0.391. The van der Waals surface area contributed by atoms with Gasteiger partial charge in [0.1, 0.15) is 5.82 Å². The lowest BCUT2D eigenvalue weighted by molar-refractivity contribution is -0.139. The number of ether oxygens (including phenoxy) is 1. The molecule has 2 rings (SSSR count). The number of aryl methyl sites for hydroxylation is 1. The molecule has 0 spiro atoms. The van der Waals surface area contributed by atoms with E-state index in [2.05, 4.69) is 21.3 Å². The molecule has 1 saturated carbocycles. The topological polar surface area (TPSA) is 57.0 Å². The molecular weight excluding hydrogens is 310 g/mol. The first-order chi connectivity index (χ1) is 11.2. The Balaban J connectivity index is 1.93. The molecule has 1 aliphatic carbocycles. The lowest BCUT2D eigenvalue weighted by atomic mass is 9.86. The van der Waals surface area contributed by atoms with E-state index in [0.29, 0.717) is 13.2 Å². The van der Waals surface area contributed by atoms with Crippen molar-refractivity contribution in [3.05, 3.63) is 18.5 Å². The number of esters is 1. The number of carbonyl (C=O) groups excluding carboxylic acids is 1. The summed E-state index contributed by atoms with van der Waals surface area (Å²) in [6.07, 6.45) is 10.8. The second-order valence-corrected chi connectivity index (χ2v) is 6.88. The fraction of sp³-hybridized carbons (Fsp3) is 0.706. The Morgan fingerprint density at radius 3 is 2.87 bits per heavy atom. The largest absolute Gasteiger partial charge is 0.465 e. The van der Waals surface area contributed by atoms with Crippen LogP contribution in [0, 0.1) is 5.92 Å². The fourth-order valence-corrected chi connectivity index (χ4v) is 3.82. The van der Waals surface area contributed by atoms with Crippen molar-refractivity contribution >= 4 is 17.7 Å². The zero-order chi connectivity index (χ0) is 16.5. The summed E-state index contributed by atoms with van der Waals surface area (Å²) in [7, 11) is 0. The van der Waals surface area contributed by atoms with Crippen LogP contribution < -0.4 is 0 Å². The van der Waals surface area contributed by atoms with Gasteiger partial charge in [0.05, 0.1) is 12.4 Å². The minimum absolute atomic E-state index is 0.214. The molecule has 1 fully saturated rings. The van der Waals surface area contributed by atoms with Crippen LogP contribution in [0.25, 0.3) is 0 Å².